The van der Waals surface area contributed by atoms with Gasteiger partial charge in [-0.05, 0) is 36.5 Å². The Morgan fingerprint density at radius 3 is 2.37 bits per heavy atom. The fraction of sp³-hybridized carbons (Fsp3) is 0.647. The Morgan fingerprint density at radius 1 is 1.16 bits per heavy atom. The van der Waals surface area contributed by atoms with Crippen molar-refractivity contribution in [3.05, 3.63) is 29.3 Å². The van der Waals surface area contributed by atoms with Crippen molar-refractivity contribution in [3.8, 4) is 0 Å². The second-order valence-electron chi connectivity index (χ2n) is 6.26. The van der Waals surface area contributed by atoms with E-state index in [-0.39, 0.29) is 0 Å². The number of anilines is 1. The molecule has 0 amide bonds. The minimum Gasteiger partial charge on any atom is -0.374 e. The molecule has 0 aliphatic carbocycles. The third-order valence-electron chi connectivity index (χ3n) is 3.43. The molecule has 0 aliphatic heterocycles. The van der Waals surface area contributed by atoms with Crippen molar-refractivity contribution in [2.24, 2.45) is 5.92 Å². The van der Waals surface area contributed by atoms with Crippen LogP contribution in [0.5, 0.6) is 0 Å². The van der Waals surface area contributed by atoms with Gasteiger partial charge in [-0.1, -0.05) is 39.8 Å². The highest BCUT2D eigenvalue weighted by molar-refractivity contribution is 5.53. The van der Waals surface area contributed by atoms with Crippen molar-refractivity contribution in [1.82, 2.24) is 5.32 Å². The van der Waals surface area contributed by atoms with Gasteiger partial charge in [-0.2, -0.15) is 0 Å². The van der Waals surface area contributed by atoms with Gasteiger partial charge in [0.1, 0.15) is 0 Å². The summed E-state index contributed by atoms with van der Waals surface area (Å²) in [6.45, 7) is 13.2. The van der Waals surface area contributed by atoms with E-state index in [1.165, 1.54) is 23.2 Å². The lowest BCUT2D eigenvalue weighted by Gasteiger charge is -2.23. The Morgan fingerprint density at radius 2 is 1.84 bits per heavy atom. The normalized spacial score (nSPS) is 11.4. The van der Waals surface area contributed by atoms with E-state index in [1.807, 2.05) is 0 Å². The molecule has 0 spiro atoms. The molecule has 1 rings (SSSR count). The lowest BCUT2D eigenvalue weighted by molar-refractivity contribution is 0.584. The number of nitrogens with zero attached hydrogens (tertiary/aromatic N) is 1. The van der Waals surface area contributed by atoms with E-state index in [0.717, 1.165) is 19.0 Å². The summed E-state index contributed by atoms with van der Waals surface area (Å²) in [4.78, 5) is 2.37. The third kappa shape index (κ3) is 5.65. The van der Waals surface area contributed by atoms with Crippen LogP contribution in [0.2, 0.25) is 0 Å². The Kier molecular flexibility index (Phi) is 6.36. The quantitative estimate of drug-likeness (QED) is 0.799. The molecule has 0 aromatic heterocycles. The van der Waals surface area contributed by atoms with Gasteiger partial charge in [-0.15, -0.1) is 0 Å². The van der Waals surface area contributed by atoms with Crippen molar-refractivity contribution in [3.63, 3.8) is 0 Å². The van der Waals surface area contributed by atoms with E-state index in [2.05, 4.69) is 70.1 Å². The van der Waals surface area contributed by atoms with Gasteiger partial charge in [0.05, 0.1) is 0 Å². The van der Waals surface area contributed by atoms with Crippen molar-refractivity contribution in [2.45, 2.75) is 53.6 Å². The molecule has 0 bridgehead atoms. The fourth-order valence-electron chi connectivity index (χ4n) is 2.15. The molecule has 108 valence electrons. The van der Waals surface area contributed by atoms with E-state index in [4.69, 9.17) is 0 Å². The van der Waals surface area contributed by atoms with Crippen molar-refractivity contribution in [1.29, 1.82) is 0 Å². The van der Waals surface area contributed by atoms with Crippen molar-refractivity contribution in [2.75, 3.05) is 18.5 Å². The van der Waals surface area contributed by atoms with Crippen LogP contribution >= 0.6 is 0 Å². The maximum absolute atomic E-state index is 3.46. The van der Waals surface area contributed by atoms with Crippen LogP contribution in [-0.4, -0.2) is 19.6 Å². The minimum absolute atomic E-state index is 0.536. The van der Waals surface area contributed by atoms with Gasteiger partial charge in [-0.3, -0.25) is 0 Å². The van der Waals surface area contributed by atoms with Gasteiger partial charge >= 0.3 is 0 Å². The van der Waals surface area contributed by atoms with Crippen LogP contribution in [0.25, 0.3) is 0 Å². The van der Waals surface area contributed by atoms with Crippen LogP contribution < -0.4 is 10.2 Å². The lowest BCUT2D eigenvalue weighted by atomic mass is 10.1. The molecule has 1 aromatic rings. The van der Waals surface area contributed by atoms with E-state index >= 15 is 0 Å². The van der Waals surface area contributed by atoms with E-state index in [0.29, 0.717) is 6.04 Å². The van der Waals surface area contributed by atoms with E-state index in [9.17, 15) is 0 Å². The second kappa shape index (κ2) is 7.54. The summed E-state index contributed by atoms with van der Waals surface area (Å²) in [5.41, 5.74) is 4.09. The summed E-state index contributed by atoms with van der Waals surface area (Å²) >= 11 is 0. The van der Waals surface area contributed by atoms with Gasteiger partial charge in [-0.25, -0.2) is 0 Å². The van der Waals surface area contributed by atoms with Crippen LogP contribution in [0.3, 0.4) is 0 Å². The first-order valence-corrected chi connectivity index (χ1v) is 7.44. The van der Waals surface area contributed by atoms with Gasteiger partial charge in [0.25, 0.3) is 0 Å². The van der Waals surface area contributed by atoms with Crippen LogP contribution in [0.15, 0.2) is 18.2 Å². The highest BCUT2D eigenvalue weighted by Crippen LogP contribution is 2.21. The Bertz CT molecular complexity index is 383. The summed E-state index contributed by atoms with van der Waals surface area (Å²) in [5.74, 6) is 0.761. The first-order valence-electron chi connectivity index (χ1n) is 7.44. The predicted molar refractivity (Wildman–Crippen MR) is 85.9 cm³/mol. The molecule has 1 aromatic carbocycles. The number of rotatable bonds is 7. The minimum atomic E-state index is 0.536. The molecular formula is C17H30N2. The molecule has 0 unspecified atom stereocenters. The number of nitrogens with one attached hydrogen (secondary N) is 1. The molecule has 0 aliphatic rings. The highest BCUT2D eigenvalue weighted by Gasteiger charge is 2.06. The van der Waals surface area contributed by atoms with E-state index < -0.39 is 0 Å². The van der Waals surface area contributed by atoms with Gasteiger partial charge in [0, 0.05) is 31.9 Å². The average molecular weight is 262 g/mol. The first kappa shape index (κ1) is 16.0. The Hall–Kier alpha value is -1.02. The zero-order valence-corrected chi connectivity index (χ0v) is 13.5. The van der Waals surface area contributed by atoms with Crippen LogP contribution in [0.4, 0.5) is 5.69 Å². The molecule has 2 heteroatoms. The Balaban J connectivity index is 2.65. The largest absolute Gasteiger partial charge is 0.374 e. The number of aryl methyl sites for hydroxylation is 1. The highest BCUT2D eigenvalue weighted by atomic mass is 15.1. The predicted octanol–water partition coefficient (Wildman–Crippen LogP) is 3.98. The summed E-state index contributed by atoms with van der Waals surface area (Å²) in [7, 11) is 2.19. The smallest absolute Gasteiger partial charge is 0.0393 e. The maximum Gasteiger partial charge on any atom is 0.0393 e. The number of hydrogen-bond donors (Lipinski definition) is 1. The lowest BCUT2D eigenvalue weighted by Crippen LogP contribution is -2.23. The average Bonchev–Trinajstić information content (AvgIpc) is 2.33. The van der Waals surface area contributed by atoms with Crippen LogP contribution in [0, 0.1) is 12.8 Å². The fourth-order valence-corrected chi connectivity index (χ4v) is 2.15. The third-order valence-corrected chi connectivity index (χ3v) is 3.43. The second-order valence-corrected chi connectivity index (χ2v) is 6.26. The topological polar surface area (TPSA) is 15.3 Å². The number of hydrogen-bond acceptors (Lipinski definition) is 2. The summed E-state index contributed by atoms with van der Waals surface area (Å²) in [6, 6.07) is 7.33. The summed E-state index contributed by atoms with van der Waals surface area (Å²) in [6.07, 6.45) is 1.24. The molecule has 0 atom stereocenters. The van der Waals surface area contributed by atoms with Crippen molar-refractivity contribution < 1.29 is 0 Å². The molecule has 0 fully saturated rings. The summed E-state index contributed by atoms with van der Waals surface area (Å²) < 4.78 is 0. The first-order chi connectivity index (χ1) is 8.90. The molecule has 0 radical (unpaired) electrons. The molecule has 0 heterocycles. The van der Waals surface area contributed by atoms with Crippen molar-refractivity contribution >= 4 is 5.69 Å². The van der Waals surface area contributed by atoms with Crippen LogP contribution in [-0.2, 0) is 6.54 Å². The van der Waals surface area contributed by atoms with Gasteiger partial charge in [0.15, 0.2) is 0 Å². The molecule has 1 N–H and O–H groups in total. The standard InChI is InChI=1S/C17H30N2/c1-13(2)9-10-19(6)17-8-7-16(11-15(17)5)12-18-14(3)4/h7-8,11,13-14,18H,9-10,12H2,1-6H3. The zero-order valence-electron chi connectivity index (χ0n) is 13.5. The Labute approximate surface area is 119 Å². The van der Waals surface area contributed by atoms with Crippen LogP contribution in [0.1, 0.15) is 45.2 Å². The molecule has 0 saturated carbocycles. The SMILES string of the molecule is Cc1cc(CNC(C)C)ccc1N(C)CCC(C)C. The maximum atomic E-state index is 3.46. The molecule has 19 heavy (non-hydrogen) atoms. The number of benzene rings is 1. The van der Waals surface area contributed by atoms with Gasteiger partial charge in [0.2, 0.25) is 0 Å². The molecule has 0 saturated heterocycles. The van der Waals surface area contributed by atoms with E-state index in [1.54, 1.807) is 0 Å². The molecule has 2 nitrogen and oxygen atoms in total. The molecular weight excluding hydrogens is 232 g/mol. The monoisotopic (exact) mass is 262 g/mol. The summed E-state index contributed by atoms with van der Waals surface area (Å²) in [5, 5.41) is 3.46. The van der Waals surface area contributed by atoms with Gasteiger partial charge < -0.3 is 10.2 Å². The zero-order chi connectivity index (χ0) is 14.4.